The summed E-state index contributed by atoms with van der Waals surface area (Å²) < 4.78 is 69.9. The largest absolute Gasteiger partial charge is 0.595 e. The van der Waals surface area contributed by atoms with Gasteiger partial charge in [-0.3, -0.25) is 0 Å². The first-order chi connectivity index (χ1) is 11.1. The van der Waals surface area contributed by atoms with Crippen molar-refractivity contribution in [1.29, 1.82) is 0 Å². The summed E-state index contributed by atoms with van der Waals surface area (Å²) in [5.41, 5.74) is -1.34. The van der Waals surface area contributed by atoms with Crippen molar-refractivity contribution >= 4 is 11.7 Å². The Morgan fingerprint density at radius 1 is 1.00 bits per heavy atom. The number of esters is 1. The number of ether oxygens (including phenoxy) is 1. The van der Waals surface area contributed by atoms with Gasteiger partial charge >= 0.3 is 5.97 Å². The molecule has 0 aromatic heterocycles. The average Bonchev–Trinajstić information content (AvgIpc) is 2.55. The van der Waals surface area contributed by atoms with Crippen molar-refractivity contribution in [2.24, 2.45) is 0 Å². The highest BCUT2D eigenvalue weighted by molar-refractivity contribution is 5.92. The lowest BCUT2D eigenvalue weighted by atomic mass is 10.2. The predicted octanol–water partition coefficient (Wildman–Crippen LogP) is 1.71. The molecule has 2 rings (SSSR count). The second-order valence-corrected chi connectivity index (χ2v) is 4.33. The van der Waals surface area contributed by atoms with Gasteiger partial charge in [0.25, 0.3) is 0 Å². The molecule has 24 heavy (non-hydrogen) atoms. The number of hydrogen-bond acceptors (Lipinski definition) is 5. The van der Waals surface area contributed by atoms with E-state index in [0.717, 1.165) is 12.1 Å². The molecule has 0 saturated carbocycles. The quantitative estimate of drug-likeness (QED) is 0.149. The summed E-state index contributed by atoms with van der Waals surface area (Å²) in [6, 6.07) is 2.21. The molecule has 0 aliphatic rings. The third-order valence-corrected chi connectivity index (χ3v) is 2.83. The highest BCUT2D eigenvalue weighted by atomic mass is 19.2. The zero-order valence-electron chi connectivity index (χ0n) is 11.2. The van der Waals surface area contributed by atoms with Crippen LogP contribution in [0.1, 0.15) is 10.4 Å². The number of aromatic hydroxyl groups is 1. The smallest absolute Gasteiger partial charge is 0.343 e. The van der Waals surface area contributed by atoms with Crippen molar-refractivity contribution < 1.29 is 47.0 Å². The fourth-order valence-corrected chi connectivity index (χ4v) is 1.66. The van der Waals surface area contributed by atoms with Gasteiger partial charge < -0.3 is 15.1 Å². The number of phenolic OH excluding ortho intramolecular Hbond substituents is 1. The molecule has 11 heteroatoms. The highest BCUT2D eigenvalue weighted by Crippen LogP contribution is 2.30. The lowest BCUT2D eigenvalue weighted by Crippen LogP contribution is -2.99. The molecule has 1 atom stereocenters. The summed E-state index contributed by atoms with van der Waals surface area (Å²) in [6.45, 7) is 0. The number of rotatable bonds is 3. The van der Waals surface area contributed by atoms with Crippen LogP contribution in [0.4, 0.5) is 27.6 Å². The third kappa shape index (κ3) is 2.99. The Bertz CT molecular complexity index is 798. The van der Waals surface area contributed by atoms with Gasteiger partial charge in [-0.25, -0.2) is 23.2 Å². The third-order valence-electron chi connectivity index (χ3n) is 2.83. The summed E-state index contributed by atoms with van der Waals surface area (Å²) in [7, 11) is 0. The number of hydrogen-bond donors (Lipinski definition) is 3. The first kappa shape index (κ1) is 17.6. The Hall–Kier alpha value is -2.76. The molecule has 0 aliphatic carbocycles. The van der Waals surface area contributed by atoms with E-state index in [1.165, 1.54) is 0 Å². The Kier molecular flexibility index (Phi) is 4.68. The van der Waals surface area contributed by atoms with Crippen LogP contribution in [0, 0.1) is 34.3 Å². The maximum absolute atomic E-state index is 13.4. The van der Waals surface area contributed by atoms with Crippen LogP contribution in [0.3, 0.4) is 0 Å². The number of halogens is 5. The highest BCUT2D eigenvalue weighted by Gasteiger charge is 2.29. The maximum atomic E-state index is 13.4. The van der Waals surface area contributed by atoms with Crippen LogP contribution < -0.4 is 9.96 Å². The lowest BCUT2D eigenvalue weighted by molar-refractivity contribution is -0.991. The predicted molar refractivity (Wildman–Crippen MR) is 65.1 cm³/mol. The normalized spacial score (nSPS) is 12.1. The van der Waals surface area contributed by atoms with Gasteiger partial charge in [-0.05, 0) is 12.1 Å². The van der Waals surface area contributed by atoms with Crippen molar-refractivity contribution in [1.82, 2.24) is 0 Å². The van der Waals surface area contributed by atoms with E-state index in [0.29, 0.717) is 6.07 Å². The minimum absolute atomic E-state index is 0.603. The fraction of sp³-hybridized carbons (Fsp3) is 0. The van der Waals surface area contributed by atoms with Gasteiger partial charge in [-0.15, -0.1) is 0 Å². The standard InChI is InChI=1S/C13H6F5NO5/c14-7-8(15)10(17)12(11(18)9(7)16)24-13(21)4-1-2-6(20)5(3-4)19(22)23/h1-3,19-20,22H. The first-order valence-electron chi connectivity index (χ1n) is 5.95. The zero-order valence-corrected chi connectivity index (χ0v) is 11.2. The van der Waals surface area contributed by atoms with E-state index in [1.54, 1.807) is 0 Å². The number of phenols is 1. The Morgan fingerprint density at radius 2 is 1.50 bits per heavy atom. The molecule has 128 valence electrons. The SMILES string of the molecule is O=C(Oc1c(F)c(F)c(F)c(F)c1F)c1ccc(O)c([NH+]([O-])O)c1. The Labute approximate surface area is 129 Å². The molecular weight excluding hydrogens is 345 g/mol. The van der Waals surface area contributed by atoms with Crippen LogP contribution in [-0.2, 0) is 0 Å². The van der Waals surface area contributed by atoms with Gasteiger partial charge in [0.1, 0.15) is 0 Å². The molecule has 6 nitrogen and oxygen atoms in total. The second kappa shape index (κ2) is 6.39. The molecule has 0 heterocycles. The van der Waals surface area contributed by atoms with Crippen LogP contribution in [0.25, 0.3) is 0 Å². The maximum Gasteiger partial charge on any atom is 0.343 e. The summed E-state index contributed by atoms with van der Waals surface area (Å²) >= 11 is 0. The number of carbonyl (C=O) groups excluding carboxylic acids is 1. The van der Waals surface area contributed by atoms with E-state index in [4.69, 9.17) is 5.21 Å². The second-order valence-electron chi connectivity index (χ2n) is 4.33. The fourth-order valence-electron chi connectivity index (χ4n) is 1.66. The van der Waals surface area contributed by atoms with E-state index in [9.17, 15) is 37.1 Å². The van der Waals surface area contributed by atoms with Crippen LogP contribution in [-0.4, -0.2) is 16.3 Å². The summed E-state index contributed by atoms with van der Waals surface area (Å²) in [5, 5.41) is 27.2. The molecular formula is C13H6F5NO5. The van der Waals surface area contributed by atoms with Crippen LogP contribution >= 0.6 is 0 Å². The summed E-state index contributed by atoms with van der Waals surface area (Å²) in [6.07, 6.45) is 0. The monoisotopic (exact) mass is 351 g/mol. The van der Waals surface area contributed by atoms with Gasteiger partial charge in [-0.2, -0.15) is 14.0 Å². The molecule has 0 amide bonds. The summed E-state index contributed by atoms with van der Waals surface area (Å²) in [4.78, 5) is 11.7. The van der Waals surface area contributed by atoms with E-state index >= 15 is 0 Å². The Morgan fingerprint density at radius 3 is 2.00 bits per heavy atom. The van der Waals surface area contributed by atoms with E-state index < -0.39 is 63.0 Å². The van der Waals surface area contributed by atoms with Crippen molar-refractivity contribution in [2.75, 3.05) is 0 Å². The number of quaternary nitrogens is 1. The number of carbonyl (C=O) groups is 1. The van der Waals surface area contributed by atoms with Gasteiger partial charge in [0, 0.05) is 6.07 Å². The van der Waals surface area contributed by atoms with Crippen LogP contribution in [0.15, 0.2) is 18.2 Å². The molecule has 2 aromatic rings. The minimum Gasteiger partial charge on any atom is -0.595 e. The molecule has 0 aliphatic heterocycles. The zero-order chi connectivity index (χ0) is 18.2. The first-order valence-corrected chi connectivity index (χ1v) is 5.95. The minimum atomic E-state index is -2.43. The molecule has 2 aromatic carbocycles. The van der Waals surface area contributed by atoms with E-state index in [2.05, 4.69) is 4.74 Å². The van der Waals surface area contributed by atoms with Crippen molar-refractivity contribution in [2.45, 2.75) is 0 Å². The van der Waals surface area contributed by atoms with Gasteiger partial charge in [-0.1, -0.05) is 0 Å². The summed E-state index contributed by atoms with van der Waals surface area (Å²) in [5.74, 6) is -15.9. The van der Waals surface area contributed by atoms with Crippen LogP contribution in [0.2, 0.25) is 0 Å². The molecule has 0 saturated heterocycles. The molecule has 0 bridgehead atoms. The molecule has 0 radical (unpaired) electrons. The number of nitrogens with one attached hydrogen (secondary N) is 1. The van der Waals surface area contributed by atoms with Crippen LogP contribution in [0.5, 0.6) is 11.5 Å². The molecule has 0 spiro atoms. The Balaban J connectivity index is 2.43. The van der Waals surface area contributed by atoms with Gasteiger partial charge in [0.15, 0.2) is 5.75 Å². The van der Waals surface area contributed by atoms with Crippen molar-refractivity contribution in [3.8, 4) is 11.5 Å². The van der Waals surface area contributed by atoms with E-state index in [1.807, 2.05) is 0 Å². The number of benzene rings is 2. The lowest BCUT2D eigenvalue weighted by Gasteiger charge is -2.14. The average molecular weight is 351 g/mol. The van der Waals surface area contributed by atoms with Crippen molar-refractivity contribution in [3.63, 3.8) is 0 Å². The molecule has 0 fully saturated rings. The van der Waals surface area contributed by atoms with Gasteiger partial charge in [0.2, 0.25) is 40.5 Å². The topological polar surface area (TPSA) is 94.3 Å². The van der Waals surface area contributed by atoms with Crippen molar-refractivity contribution in [3.05, 3.63) is 58.1 Å². The van der Waals surface area contributed by atoms with Gasteiger partial charge in [0.05, 0.1) is 5.56 Å². The molecule has 3 N–H and O–H groups in total. The van der Waals surface area contributed by atoms with E-state index in [-0.39, 0.29) is 0 Å². The molecule has 1 unspecified atom stereocenters.